The van der Waals surface area contributed by atoms with Crippen molar-refractivity contribution in [2.45, 2.75) is 38.5 Å². The molecule has 236 valence electrons. The Morgan fingerprint density at radius 1 is 1.11 bits per heavy atom. The number of nitrogens with zero attached hydrogens (tertiary/aromatic N) is 3. The van der Waals surface area contributed by atoms with E-state index in [9.17, 15) is 14.3 Å². The Morgan fingerprint density at radius 3 is 2.70 bits per heavy atom. The zero-order chi connectivity index (χ0) is 31.9. The lowest BCUT2D eigenvalue weighted by molar-refractivity contribution is -0.0589. The van der Waals surface area contributed by atoms with Crippen LogP contribution in [0.5, 0.6) is 17.4 Å². The van der Waals surface area contributed by atoms with Crippen molar-refractivity contribution in [3.63, 3.8) is 0 Å². The fraction of sp³-hybridized carbons (Fsp3) is 0.265. The van der Waals surface area contributed by atoms with E-state index >= 15 is 4.39 Å². The van der Waals surface area contributed by atoms with Gasteiger partial charge in [0.15, 0.2) is 0 Å². The summed E-state index contributed by atoms with van der Waals surface area (Å²) in [6.07, 6.45) is 1.41. The van der Waals surface area contributed by atoms with Crippen molar-refractivity contribution in [2.75, 3.05) is 20.3 Å². The Kier molecular flexibility index (Phi) is 7.95. The van der Waals surface area contributed by atoms with Crippen molar-refractivity contribution >= 4 is 28.6 Å². The summed E-state index contributed by atoms with van der Waals surface area (Å²) >= 11 is 5.85. The number of carboxylic acids is 1. The first-order valence-electron chi connectivity index (χ1n) is 14.7. The second-order valence-electron chi connectivity index (χ2n) is 11.1. The number of fused-ring (bicyclic) bond motifs is 2. The van der Waals surface area contributed by atoms with Gasteiger partial charge in [-0.15, -0.1) is 0 Å². The minimum Gasteiger partial charge on any atom is -0.494 e. The summed E-state index contributed by atoms with van der Waals surface area (Å²) in [5.74, 6) is -0.387. The molecule has 9 nitrogen and oxygen atoms in total. The van der Waals surface area contributed by atoms with Crippen LogP contribution in [-0.4, -0.2) is 52.0 Å². The third-order valence-corrected chi connectivity index (χ3v) is 8.55. The van der Waals surface area contributed by atoms with Gasteiger partial charge in [-0.05, 0) is 42.8 Å². The van der Waals surface area contributed by atoms with Gasteiger partial charge < -0.3 is 28.6 Å². The van der Waals surface area contributed by atoms with Gasteiger partial charge in [0.25, 0.3) is 0 Å². The standard InChI is InChI=1S/C34H28ClF2N3O6/c1-43-29-12-19(34(41)42)11-28-32(29)39-30(40(28)16-21-7-9-44-21)15-23-22-8-10-45-33(22)24(14-26(23)37)27-3-2-4-31(38-27)46-17-18-5-6-20(35)13-25(18)36/h2-6,11-14,21H,7-10,15-17H2,1H3,(H,41,42)/t21-/m0/s1. The molecule has 0 spiro atoms. The van der Waals surface area contributed by atoms with Gasteiger partial charge in [-0.3, -0.25) is 0 Å². The number of methoxy groups -OCH3 is 1. The summed E-state index contributed by atoms with van der Waals surface area (Å²) in [6, 6.07) is 13.8. The van der Waals surface area contributed by atoms with Crippen molar-refractivity contribution in [2.24, 2.45) is 0 Å². The summed E-state index contributed by atoms with van der Waals surface area (Å²) in [6.45, 7) is 1.39. The van der Waals surface area contributed by atoms with Gasteiger partial charge in [-0.1, -0.05) is 23.7 Å². The third kappa shape index (κ3) is 5.60. The zero-order valence-electron chi connectivity index (χ0n) is 24.7. The van der Waals surface area contributed by atoms with E-state index < -0.39 is 17.6 Å². The predicted octanol–water partition coefficient (Wildman–Crippen LogP) is 6.63. The first kappa shape index (κ1) is 29.9. The molecule has 0 bridgehead atoms. The molecule has 2 aliphatic heterocycles. The molecule has 7 rings (SSSR count). The van der Waals surface area contributed by atoms with Crippen molar-refractivity contribution < 1.29 is 37.6 Å². The Labute approximate surface area is 267 Å². The van der Waals surface area contributed by atoms with E-state index in [0.717, 1.165) is 6.42 Å². The minimum absolute atomic E-state index is 0.0614. The van der Waals surface area contributed by atoms with Crippen LogP contribution in [0.25, 0.3) is 22.3 Å². The minimum atomic E-state index is -1.09. The van der Waals surface area contributed by atoms with Gasteiger partial charge in [0.1, 0.15) is 41.1 Å². The lowest BCUT2D eigenvalue weighted by Crippen LogP contribution is -2.31. The molecular formula is C34H28ClF2N3O6. The number of pyridine rings is 1. The molecule has 4 heterocycles. The smallest absolute Gasteiger partial charge is 0.335 e. The number of benzene rings is 3. The number of imidazole rings is 1. The van der Waals surface area contributed by atoms with Gasteiger partial charge in [-0.25, -0.2) is 23.5 Å². The fourth-order valence-electron chi connectivity index (χ4n) is 5.87. The number of carbonyl (C=O) groups is 1. The summed E-state index contributed by atoms with van der Waals surface area (Å²) in [7, 11) is 1.46. The van der Waals surface area contributed by atoms with Crippen LogP contribution in [0.1, 0.15) is 39.3 Å². The maximum Gasteiger partial charge on any atom is 0.335 e. The lowest BCUT2D eigenvalue weighted by Gasteiger charge is -2.27. The van der Waals surface area contributed by atoms with E-state index in [-0.39, 0.29) is 35.6 Å². The molecule has 0 radical (unpaired) electrons. The quantitative estimate of drug-likeness (QED) is 0.180. The number of carboxylic acid groups (broad SMARTS) is 1. The molecule has 2 aromatic heterocycles. The van der Waals surface area contributed by atoms with E-state index in [1.807, 2.05) is 4.57 Å². The Hall–Kier alpha value is -4.74. The van der Waals surface area contributed by atoms with Gasteiger partial charge in [0.05, 0.1) is 43.1 Å². The molecule has 1 fully saturated rings. The number of aromatic nitrogens is 3. The largest absolute Gasteiger partial charge is 0.494 e. The topological polar surface area (TPSA) is 105 Å². The number of hydrogen-bond acceptors (Lipinski definition) is 7. The number of aromatic carboxylic acids is 1. The molecule has 12 heteroatoms. The van der Waals surface area contributed by atoms with Crippen LogP contribution in [0.4, 0.5) is 8.78 Å². The van der Waals surface area contributed by atoms with Crippen LogP contribution in [0, 0.1) is 11.6 Å². The van der Waals surface area contributed by atoms with Gasteiger partial charge in [0.2, 0.25) is 5.88 Å². The average molecular weight is 648 g/mol. The molecule has 0 amide bonds. The van der Waals surface area contributed by atoms with E-state index in [2.05, 4.69) is 4.98 Å². The van der Waals surface area contributed by atoms with Gasteiger partial charge in [0, 0.05) is 52.8 Å². The Bertz CT molecular complexity index is 1990. The summed E-state index contributed by atoms with van der Waals surface area (Å²) < 4.78 is 55.3. The highest BCUT2D eigenvalue weighted by Crippen LogP contribution is 2.41. The van der Waals surface area contributed by atoms with Crippen molar-refractivity contribution in [1.82, 2.24) is 14.5 Å². The van der Waals surface area contributed by atoms with Crippen LogP contribution < -0.4 is 14.2 Å². The fourth-order valence-corrected chi connectivity index (χ4v) is 6.03. The zero-order valence-corrected chi connectivity index (χ0v) is 25.4. The van der Waals surface area contributed by atoms with E-state index in [4.69, 9.17) is 35.5 Å². The molecule has 1 atom stereocenters. The molecule has 46 heavy (non-hydrogen) atoms. The molecule has 0 unspecified atom stereocenters. The van der Waals surface area contributed by atoms with Crippen molar-refractivity contribution in [3.8, 4) is 28.6 Å². The highest BCUT2D eigenvalue weighted by molar-refractivity contribution is 6.30. The summed E-state index contributed by atoms with van der Waals surface area (Å²) in [5.41, 5.74) is 3.52. The maximum absolute atomic E-state index is 16.1. The van der Waals surface area contributed by atoms with Crippen LogP contribution in [-0.2, 0) is 30.7 Å². The first-order chi connectivity index (χ1) is 22.3. The van der Waals surface area contributed by atoms with Crippen LogP contribution >= 0.6 is 11.6 Å². The van der Waals surface area contributed by atoms with Crippen molar-refractivity contribution in [3.05, 3.63) is 99.3 Å². The first-order valence-corrected chi connectivity index (χ1v) is 15.1. The number of halogens is 3. The molecule has 5 aromatic rings. The molecule has 0 aliphatic carbocycles. The molecule has 2 aliphatic rings. The summed E-state index contributed by atoms with van der Waals surface area (Å²) in [5, 5.41) is 10.0. The van der Waals surface area contributed by atoms with Crippen LogP contribution in [0.3, 0.4) is 0 Å². The maximum atomic E-state index is 16.1. The number of rotatable bonds is 10. The number of ether oxygens (including phenoxy) is 4. The molecule has 1 saturated heterocycles. The Balaban J connectivity index is 1.24. The molecular weight excluding hydrogens is 620 g/mol. The number of hydrogen-bond donors (Lipinski definition) is 1. The lowest BCUT2D eigenvalue weighted by atomic mass is 9.96. The SMILES string of the molecule is COc1cc(C(=O)O)cc2c1nc(Cc1c(F)cc(-c3cccc(OCc4ccc(Cl)cc4F)n3)c3c1CCO3)n2C[C@@H]1CCO1. The highest BCUT2D eigenvalue weighted by atomic mass is 35.5. The monoisotopic (exact) mass is 647 g/mol. The average Bonchev–Trinajstić information content (AvgIpc) is 3.64. The van der Waals surface area contributed by atoms with E-state index in [0.29, 0.717) is 82.5 Å². The second kappa shape index (κ2) is 12.2. The van der Waals surface area contributed by atoms with Crippen LogP contribution in [0.2, 0.25) is 5.02 Å². The Morgan fingerprint density at radius 2 is 1.96 bits per heavy atom. The van der Waals surface area contributed by atoms with Gasteiger partial charge >= 0.3 is 5.97 Å². The molecule has 0 saturated carbocycles. The molecule has 1 N–H and O–H groups in total. The second-order valence-corrected chi connectivity index (χ2v) is 11.6. The summed E-state index contributed by atoms with van der Waals surface area (Å²) in [4.78, 5) is 21.3. The normalized spacial score (nSPS) is 15.3. The highest BCUT2D eigenvalue weighted by Gasteiger charge is 2.29. The van der Waals surface area contributed by atoms with Gasteiger partial charge in [-0.2, -0.15) is 0 Å². The molecule has 3 aromatic carbocycles. The van der Waals surface area contributed by atoms with Crippen molar-refractivity contribution in [1.29, 1.82) is 0 Å². The van der Waals surface area contributed by atoms with E-state index in [1.54, 1.807) is 36.4 Å². The van der Waals surface area contributed by atoms with E-state index in [1.165, 1.54) is 25.3 Å². The third-order valence-electron chi connectivity index (χ3n) is 8.31. The predicted molar refractivity (Wildman–Crippen MR) is 165 cm³/mol. The van der Waals surface area contributed by atoms with Crippen LogP contribution in [0.15, 0.2) is 54.6 Å².